The normalized spacial score (nSPS) is 11.4. The number of hydrogen-bond donors (Lipinski definition) is 3. The van der Waals surface area contributed by atoms with E-state index < -0.39 is 12.0 Å². The number of anilines is 2. The van der Waals surface area contributed by atoms with Crippen molar-refractivity contribution in [2.45, 2.75) is 38.6 Å². The van der Waals surface area contributed by atoms with Crippen LogP contribution in [0.4, 0.5) is 16.2 Å². The van der Waals surface area contributed by atoms with Gasteiger partial charge in [0.15, 0.2) is 5.78 Å². The lowest BCUT2D eigenvalue weighted by Crippen LogP contribution is -2.37. The molecule has 2 amide bonds. The number of carboxylic acid groups (broad SMARTS) is 1. The number of para-hydroxylation sites is 1. The first kappa shape index (κ1) is 30.1. The van der Waals surface area contributed by atoms with Crippen LogP contribution in [0.5, 0.6) is 0 Å². The van der Waals surface area contributed by atoms with E-state index in [9.17, 15) is 19.5 Å². The lowest BCUT2D eigenvalue weighted by atomic mass is 9.98. The van der Waals surface area contributed by atoms with E-state index in [1.54, 1.807) is 60.5 Å². The molecular weight excluding hydrogens is 526 g/mol. The average Bonchev–Trinajstić information content (AvgIpc) is 3.03. The fourth-order valence-corrected chi connectivity index (χ4v) is 4.71. The van der Waals surface area contributed by atoms with Crippen LogP contribution in [0, 0.1) is 0 Å². The number of nitrogens with one attached hydrogen (secondary N) is 2. The van der Waals surface area contributed by atoms with Crippen LogP contribution in [0.15, 0.2) is 103 Å². The van der Waals surface area contributed by atoms with Gasteiger partial charge in [-0.2, -0.15) is 0 Å². The molecule has 0 aromatic heterocycles. The van der Waals surface area contributed by atoms with E-state index in [1.807, 2.05) is 54.6 Å². The molecule has 7 nitrogen and oxygen atoms in total. The number of nitrogens with zero attached hydrogens (tertiary/aromatic N) is 1. The Bertz CT molecular complexity index is 1500. The molecule has 0 heterocycles. The van der Waals surface area contributed by atoms with Crippen molar-refractivity contribution >= 4 is 29.2 Å². The van der Waals surface area contributed by atoms with Crippen LogP contribution >= 0.6 is 0 Å². The second kappa shape index (κ2) is 14.6. The van der Waals surface area contributed by atoms with Crippen molar-refractivity contribution in [1.29, 1.82) is 0 Å². The molecule has 0 bridgehead atoms. The van der Waals surface area contributed by atoms with Crippen molar-refractivity contribution in [3.05, 3.63) is 120 Å². The van der Waals surface area contributed by atoms with Gasteiger partial charge in [0.05, 0.1) is 0 Å². The minimum Gasteiger partial charge on any atom is -0.480 e. The highest BCUT2D eigenvalue weighted by Crippen LogP contribution is 2.26. The number of rotatable bonds is 13. The first-order chi connectivity index (χ1) is 20.4. The Morgan fingerprint density at radius 2 is 1.52 bits per heavy atom. The number of benzene rings is 4. The molecule has 0 radical (unpaired) electrons. The highest BCUT2D eigenvalue weighted by Gasteiger charge is 2.21. The standard InChI is InChI=1S/C35H37N3O4/c1-3-4-10-22-36-35(42)38(2)29-15-11-14-28(24-29)26-20-18-25(19-21-26)23-32(34(40)41)37-31-17-9-8-16-30(31)33(39)27-12-6-5-7-13-27/h5-9,11-21,24,32,37H,3-4,10,22-23H2,1-2H3,(H,36,42)(H,40,41). The number of ketones is 1. The summed E-state index contributed by atoms with van der Waals surface area (Å²) >= 11 is 0. The molecule has 42 heavy (non-hydrogen) atoms. The van der Waals surface area contributed by atoms with E-state index in [0.29, 0.717) is 23.4 Å². The maximum Gasteiger partial charge on any atom is 0.326 e. The van der Waals surface area contributed by atoms with Crippen LogP contribution in [0.1, 0.15) is 47.7 Å². The van der Waals surface area contributed by atoms with E-state index in [0.717, 1.165) is 41.6 Å². The molecule has 0 saturated carbocycles. The van der Waals surface area contributed by atoms with Gasteiger partial charge in [0.25, 0.3) is 0 Å². The number of aliphatic carboxylic acids is 1. The number of urea groups is 1. The summed E-state index contributed by atoms with van der Waals surface area (Å²) in [6, 6.07) is 30.3. The topological polar surface area (TPSA) is 98.7 Å². The number of carbonyl (C=O) groups excluding carboxylic acids is 2. The number of hydrogen-bond acceptors (Lipinski definition) is 4. The van der Waals surface area contributed by atoms with Gasteiger partial charge in [0, 0.05) is 42.5 Å². The van der Waals surface area contributed by atoms with Crippen molar-refractivity contribution in [1.82, 2.24) is 5.32 Å². The van der Waals surface area contributed by atoms with Crippen molar-refractivity contribution in [3.63, 3.8) is 0 Å². The van der Waals surface area contributed by atoms with Gasteiger partial charge in [-0.05, 0) is 47.4 Å². The highest BCUT2D eigenvalue weighted by atomic mass is 16.4. The zero-order valence-corrected chi connectivity index (χ0v) is 24.0. The predicted molar refractivity (Wildman–Crippen MR) is 168 cm³/mol. The third kappa shape index (κ3) is 7.85. The summed E-state index contributed by atoms with van der Waals surface area (Å²) in [6.07, 6.45) is 3.37. The number of carboxylic acids is 1. The molecule has 0 aliphatic rings. The molecule has 0 spiro atoms. The molecule has 216 valence electrons. The van der Waals surface area contributed by atoms with E-state index in [4.69, 9.17) is 0 Å². The Labute approximate surface area is 247 Å². The van der Waals surface area contributed by atoms with Gasteiger partial charge in [0.2, 0.25) is 0 Å². The van der Waals surface area contributed by atoms with E-state index in [2.05, 4.69) is 17.6 Å². The minimum absolute atomic E-state index is 0.141. The zero-order valence-electron chi connectivity index (χ0n) is 24.0. The summed E-state index contributed by atoms with van der Waals surface area (Å²) < 4.78 is 0. The fraction of sp³-hybridized carbons (Fsp3) is 0.229. The van der Waals surface area contributed by atoms with Crippen molar-refractivity contribution in [2.75, 3.05) is 23.8 Å². The predicted octanol–water partition coefficient (Wildman–Crippen LogP) is 7.03. The molecule has 7 heteroatoms. The Hall–Kier alpha value is -4.91. The molecule has 3 N–H and O–H groups in total. The molecule has 1 atom stereocenters. The largest absolute Gasteiger partial charge is 0.480 e. The van der Waals surface area contributed by atoms with Gasteiger partial charge in [-0.3, -0.25) is 9.69 Å². The number of carbonyl (C=O) groups is 3. The summed E-state index contributed by atoms with van der Waals surface area (Å²) in [6.45, 7) is 2.78. The first-order valence-corrected chi connectivity index (χ1v) is 14.3. The van der Waals surface area contributed by atoms with Crippen LogP contribution in [0.3, 0.4) is 0 Å². The van der Waals surface area contributed by atoms with Gasteiger partial charge in [-0.25, -0.2) is 9.59 Å². The Kier molecular flexibility index (Phi) is 10.5. The monoisotopic (exact) mass is 563 g/mol. The highest BCUT2D eigenvalue weighted by molar-refractivity contribution is 6.12. The minimum atomic E-state index is -1.01. The van der Waals surface area contributed by atoms with Gasteiger partial charge in [-0.1, -0.05) is 98.6 Å². The lowest BCUT2D eigenvalue weighted by molar-refractivity contribution is -0.137. The first-order valence-electron chi connectivity index (χ1n) is 14.3. The van der Waals surface area contributed by atoms with Crippen LogP contribution in [-0.2, 0) is 11.2 Å². The fourth-order valence-electron chi connectivity index (χ4n) is 4.71. The number of unbranched alkanes of at least 4 members (excludes halogenated alkanes) is 2. The van der Waals surface area contributed by atoms with Crippen LogP contribution in [0.2, 0.25) is 0 Å². The van der Waals surface area contributed by atoms with Crippen LogP contribution < -0.4 is 15.5 Å². The van der Waals surface area contributed by atoms with E-state index in [-0.39, 0.29) is 18.2 Å². The Morgan fingerprint density at radius 1 is 0.810 bits per heavy atom. The lowest BCUT2D eigenvalue weighted by Gasteiger charge is -2.19. The summed E-state index contributed by atoms with van der Waals surface area (Å²) in [5.74, 6) is -1.18. The third-order valence-electron chi connectivity index (χ3n) is 7.16. The average molecular weight is 564 g/mol. The van der Waals surface area contributed by atoms with E-state index in [1.165, 1.54) is 0 Å². The molecule has 0 aliphatic heterocycles. The summed E-state index contributed by atoms with van der Waals surface area (Å²) in [4.78, 5) is 39.5. The van der Waals surface area contributed by atoms with Crippen molar-refractivity contribution in [2.24, 2.45) is 0 Å². The quantitative estimate of drug-likeness (QED) is 0.120. The van der Waals surface area contributed by atoms with Crippen LogP contribution in [-0.4, -0.2) is 42.5 Å². The van der Waals surface area contributed by atoms with Gasteiger partial charge in [-0.15, -0.1) is 0 Å². The van der Waals surface area contributed by atoms with Gasteiger partial charge in [0.1, 0.15) is 6.04 Å². The molecule has 1 unspecified atom stereocenters. The van der Waals surface area contributed by atoms with Crippen molar-refractivity contribution in [3.8, 4) is 11.1 Å². The Balaban J connectivity index is 1.45. The second-order valence-corrected chi connectivity index (χ2v) is 10.2. The zero-order chi connectivity index (χ0) is 29.9. The van der Waals surface area contributed by atoms with E-state index >= 15 is 0 Å². The van der Waals surface area contributed by atoms with Crippen LogP contribution in [0.25, 0.3) is 11.1 Å². The van der Waals surface area contributed by atoms with Crippen molar-refractivity contribution < 1.29 is 19.5 Å². The smallest absolute Gasteiger partial charge is 0.326 e. The summed E-state index contributed by atoms with van der Waals surface area (Å²) in [5, 5.41) is 16.0. The molecule has 4 rings (SSSR count). The third-order valence-corrected chi connectivity index (χ3v) is 7.16. The molecule has 0 fully saturated rings. The number of amides is 2. The molecule has 0 saturated heterocycles. The summed E-state index contributed by atoms with van der Waals surface area (Å²) in [5.41, 5.74) is 4.96. The molecule has 4 aromatic carbocycles. The second-order valence-electron chi connectivity index (χ2n) is 10.2. The van der Waals surface area contributed by atoms with Gasteiger partial charge >= 0.3 is 12.0 Å². The summed E-state index contributed by atoms with van der Waals surface area (Å²) in [7, 11) is 1.75. The maximum atomic E-state index is 13.1. The Morgan fingerprint density at radius 3 is 2.24 bits per heavy atom. The molecular formula is C35H37N3O4. The molecule has 4 aromatic rings. The maximum absolute atomic E-state index is 13.1. The SMILES string of the molecule is CCCCCNC(=O)N(C)c1cccc(-c2ccc(CC(Nc3ccccc3C(=O)c3ccccc3)C(=O)O)cc2)c1. The van der Waals surface area contributed by atoms with Gasteiger partial charge < -0.3 is 15.7 Å². The molecule has 0 aliphatic carbocycles.